The number of hydrogen-bond donors (Lipinski definition) is 1. The summed E-state index contributed by atoms with van der Waals surface area (Å²) in [7, 11) is 3.14. The average Bonchev–Trinajstić information content (AvgIpc) is 3.19. The van der Waals surface area contributed by atoms with Gasteiger partial charge in [0.15, 0.2) is 16.6 Å². The van der Waals surface area contributed by atoms with Crippen molar-refractivity contribution in [1.29, 1.82) is 0 Å². The van der Waals surface area contributed by atoms with Crippen molar-refractivity contribution in [3.8, 4) is 11.5 Å². The van der Waals surface area contributed by atoms with Gasteiger partial charge in [-0.25, -0.2) is 0 Å². The lowest BCUT2D eigenvalue weighted by Crippen LogP contribution is -2.29. The van der Waals surface area contributed by atoms with E-state index < -0.39 is 0 Å². The van der Waals surface area contributed by atoms with Gasteiger partial charge in [0, 0.05) is 0 Å². The highest BCUT2D eigenvalue weighted by atomic mass is 32.1. The van der Waals surface area contributed by atoms with E-state index in [4.69, 9.17) is 26.1 Å². The van der Waals surface area contributed by atoms with Crippen molar-refractivity contribution in [3.63, 3.8) is 0 Å². The van der Waals surface area contributed by atoms with Crippen molar-refractivity contribution in [2.45, 2.75) is 6.54 Å². The summed E-state index contributed by atoms with van der Waals surface area (Å²) in [6, 6.07) is 8.98. The van der Waals surface area contributed by atoms with E-state index in [-0.39, 0.29) is 5.91 Å². The smallest absolute Gasteiger partial charge is 0.276 e. The molecule has 2 heterocycles. The summed E-state index contributed by atoms with van der Waals surface area (Å²) in [5.74, 6) is 1.68. The molecule has 1 amide bonds. The first-order valence-electron chi connectivity index (χ1n) is 7.21. The SMILES string of the molecule is COc1ccc(/C=C2\NC(=S)N(Cc3ccco3)C2=O)cc1OC. The molecule has 1 aliphatic rings. The molecule has 1 N–H and O–H groups in total. The highest BCUT2D eigenvalue weighted by Crippen LogP contribution is 2.28. The second-order valence-corrected chi connectivity index (χ2v) is 5.46. The summed E-state index contributed by atoms with van der Waals surface area (Å²) in [6.45, 7) is 0.293. The average molecular weight is 344 g/mol. The lowest BCUT2D eigenvalue weighted by atomic mass is 10.1. The summed E-state index contributed by atoms with van der Waals surface area (Å²) < 4.78 is 15.8. The minimum atomic E-state index is -0.203. The summed E-state index contributed by atoms with van der Waals surface area (Å²) in [4.78, 5) is 14.0. The van der Waals surface area contributed by atoms with Gasteiger partial charge in [-0.2, -0.15) is 0 Å². The Hall–Kier alpha value is -2.80. The highest BCUT2D eigenvalue weighted by molar-refractivity contribution is 7.80. The van der Waals surface area contributed by atoms with E-state index in [1.54, 1.807) is 50.8 Å². The lowest BCUT2D eigenvalue weighted by Gasteiger charge is -2.11. The van der Waals surface area contributed by atoms with Gasteiger partial charge in [-0.3, -0.25) is 9.69 Å². The quantitative estimate of drug-likeness (QED) is 0.664. The molecule has 1 aromatic heterocycles. The van der Waals surface area contributed by atoms with E-state index in [1.165, 1.54) is 4.90 Å². The van der Waals surface area contributed by atoms with E-state index in [0.717, 1.165) is 5.56 Å². The Balaban J connectivity index is 1.83. The Labute approximate surface area is 144 Å². The summed E-state index contributed by atoms with van der Waals surface area (Å²) in [6.07, 6.45) is 3.28. The maximum atomic E-state index is 12.5. The lowest BCUT2D eigenvalue weighted by molar-refractivity contribution is -0.122. The fourth-order valence-corrected chi connectivity index (χ4v) is 2.64. The number of thiocarbonyl (C=S) groups is 1. The molecule has 0 aliphatic carbocycles. The molecule has 3 rings (SSSR count). The fraction of sp³-hybridized carbons (Fsp3) is 0.176. The predicted molar refractivity (Wildman–Crippen MR) is 92.5 cm³/mol. The van der Waals surface area contributed by atoms with Crippen LogP contribution in [-0.2, 0) is 11.3 Å². The Bertz CT molecular complexity index is 799. The van der Waals surface area contributed by atoms with Crippen LogP contribution in [0.5, 0.6) is 11.5 Å². The minimum absolute atomic E-state index is 0.203. The number of furan rings is 1. The topological polar surface area (TPSA) is 63.9 Å². The highest BCUT2D eigenvalue weighted by Gasteiger charge is 2.31. The van der Waals surface area contributed by atoms with Crippen LogP contribution in [0.25, 0.3) is 6.08 Å². The zero-order valence-corrected chi connectivity index (χ0v) is 14.1. The predicted octanol–water partition coefficient (Wildman–Crippen LogP) is 2.55. The van der Waals surface area contributed by atoms with Gasteiger partial charge in [-0.1, -0.05) is 6.07 Å². The van der Waals surface area contributed by atoms with E-state index in [9.17, 15) is 4.79 Å². The van der Waals surface area contributed by atoms with Crippen LogP contribution < -0.4 is 14.8 Å². The van der Waals surface area contributed by atoms with Crippen LogP contribution >= 0.6 is 12.2 Å². The molecule has 0 spiro atoms. The van der Waals surface area contributed by atoms with Gasteiger partial charge < -0.3 is 19.2 Å². The van der Waals surface area contributed by atoms with E-state index >= 15 is 0 Å². The summed E-state index contributed by atoms with van der Waals surface area (Å²) >= 11 is 5.24. The zero-order chi connectivity index (χ0) is 17.1. The van der Waals surface area contributed by atoms with Crippen LogP contribution in [0.15, 0.2) is 46.7 Å². The number of methoxy groups -OCH3 is 2. The number of benzene rings is 1. The van der Waals surface area contributed by atoms with E-state index in [1.807, 2.05) is 6.07 Å². The fourth-order valence-electron chi connectivity index (χ4n) is 2.38. The molecule has 24 heavy (non-hydrogen) atoms. The van der Waals surface area contributed by atoms with Crippen LogP contribution in [0.4, 0.5) is 0 Å². The standard InChI is InChI=1S/C17H16N2O4S/c1-21-14-6-5-11(9-15(14)22-2)8-13-16(20)19(17(24)18-13)10-12-4-3-7-23-12/h3-9H,10H2,1-2H3,(H,18,24)/b13-8-. The minimum Gasteiger partial charge on any atom is -0.493 e. The molecule has 2 aromatic rings. The number of amides is 1. The van der Waals surface area contributed by atoms with Crippen LogP contribution in [0.1, 0.15) is 11.3 Å². The number of carbonyl (C=O) groups excluding carboxylic acids is 1. The molecular formula is C17H16N2O4S. The molecule has 1 aliphatic heterocycles. The maximum Gasteiger partial charge on any atom is 0.276 e. The molecule has 0 atom stereocenters. The third kappa shape index (κ3) is 3.11. The molecule has 1 fully saturated rings. The van der Waals surface area contributed by atoms with Crippen LogP contribution in [0.3, 0.4) is 0 Å². The molecule has 124 valence electrons. The van der Waals surface area contributed by atoms with Gasteiger partial charge in [0.2, 0.25) is 0 Å². The zero-order valence-electron chi connectivity index (χ0n) is 13.2. The van der Waals surface area contributed by atoms with Crippen LogP contribution in [0.2, 0.25) is 0 Å². The number of nitrogens with one attached hydrogen (secondary N) is 1. The molecular weight excluding hydrogens is 328 g/mol. The van der Waals surface area contributed by atoms with Crippen molar-refractivity contribution >= 4 is 29.3 Å². The molecule has 0 bridgehead atoms. The second kappa shape index (κ2) is 6.76. The molecule has 1 saturated heterocycles. The Morgan fingerprint density at radius 3 is 2.71 bits per heavy atom. The van der Waals surface area contributed by atoms with Gasteiger partial charge >= 0.3 is 0 Å². The molecule has 7 heteroatoms. The Morgan fingerprint density at radius 1 is 1.25 bits per heavy atom. The number of hydrogen-bond acceptors (Lipinski definition) is 5. The van der Waals surface area contributed by atoms with Crippen molar-refractivity contribution < 1.29 is 18.7 Å². The van der Waals surface area contributed by atoms with Gasteiger partial charge in [0.05, 0.1) is 27.0 Å². The molecule has 0 saturated carbocycles. The van der Waals surface area contributed by atoms with Crippen molar-refractivity contribution in [3.05, 3.63) is 53.6 Å². The number of carbonyl (C=O) groups is 1. The number of ether oxygens (including phenoxy) is 2. The first-order valence-corrected chi connectivity index (χ1v) is 7.62. The molecule has 0 radical (unpaired) electrons. The van der Waals surface area contributed by atoms with Crippen molar-refractivity contribution in [2.24, 2.45) is 0 Å². The van der Waals surface area contributed by atoms with Gasteiger partial charge in [-0.05, 0) is 48.1 Å². The third-order valence-corrected chi connectivity index (χ3v) is 3.90. The van der Waals surface area contributed by atoms with Gasteiger partial charge in [0.25, 0.3) is 5.91 Å². The van der Waals surface area contributed by atoms with Crippen molar-refractivity contribution in [2.75, 3.05) is 14.2 Å². The third-order valence-electron chi connectivity index (χ3n) is 3.57. The maximum absolute atomic E-state index is 12.5. The van der Waals surface area contributed by atoms with Gasteiger partial charge in [0.1, 0.15) is 11.5 Å². The Kier molecular flexibility index (Phi) is 4.52. The molecule has 6 nitrogen and oxygen atoms in total. The monoisotopic (exact) mass is 344 g/mol. The number of nitrogens with zero attached hydrogens (tertiary/aromatic N) is 1. The first-order chi connectivity index (χ1) is 11.6. The molecule has 1 aromatic carbocycles. The van der Waals surface area contributed by atoms with E-state index in [0.29, 0.717) is 34.6 Å². The number of rotatable bonds is 5. The Morgan fingerprint density at radius 2 is 2.04 bits per heavy atom. The van der Waals surface area contributed by atoms with Crippen molar-refractivity contribution in [1.82, 2.24) is 10.2 Å². The van der Waals surface area contributed by atoms with Gasteiger partial charge in [-0.15, -0.1) is 0 Å². The summed E-state index contributed by atoms with van der Waals surface area (Å²) in [5.41, 5.74) is 1.20. The molecule has 0 unspecified atom stereocenters. The first kappa shape index (κ1) is 16.1. The second-order valence-electron chi connectivity index (χ2n) is 5.07. The normalized spacial score (nSPS) is 15.8. The summed E-state index contributed by atoms with van der Waals surface area (Å²) in [5, 5.41) is 3.29. The van der Waals surface area contributed by atoms with Crippen LogP contribution in [0, 0.1) is 0 Å². The van der Waals surface area contributed by atoms with E-state index in [2.05, 4.69) is 5.32 Å². The largest absolute Gasteiger partial charge is 0.493 e. The van der Waals surface area contributed by atoms with Crippen LogP contribution in [-0.4, -0.2) is 30.1 Å².